The van der Waals surface area contributed by atoms with Crippen molar-refractivity contribution in [2.45, 2.75) is 26.4 Å². The van der Waals surface area contributed by atoms with E-state index in [9.17, 15) is 4.79 Å². The number of rotatable bonds is 8. The fourth-order valence-corrected chi connectivity index (χ4v) is 4.50. The van der Waals surface area contributed by atoms with Gasteiger partial charge in [-0.15, -0.1) is 0 Å². The Hall–Kier alpha value is -3.42. The molecule has 176 valence electrons. The van der Waals surface area contributed by atoms with Crippen LogP contribution < -0.4 is 0 Å². The maximum atomic E-state index is 12.8. The van der Waals surface area contributed by atoms with Crippen LogP contribution in [-0.4, -0.2) is 58.5 Å². The predicted molar refractivity (Wildman–Crippen MR) is 131 cm³/mol. The Bertz CT molecular complexity index is 1260. The summed E-state index contributed by atoms with van der Waals surface area (Å²) < 4.78 is 11.1. The number of nitrogens with zero attached hydrogens (tertiary/aromatic N) is 3. The number of hydrogen-bond donors (Lipinski definition) is 1. The van der Waals surface area contributed by atoms with Gasteiger partial charge in [-0.3, -0.25) is 9.69 Å². The zero-order valence-electron chi connectivity index (χ0n) is 19.5. The van der Waals surface area contributed by atoms with Gasteiger partial charge in [0.25, 0.3) is 5.91 Å². The average Bonchev–Trinajstić information content (AvgIpc) is 3.50. The van der Waals surface area contributed by atoms with Crippen molar-refractivity contribution < 1.29 is 13.9 Å². The van der Waals surface area contributed by atoms with E-state index in [4.69, 9.17) is 9.15 Å². The van der Waals surface area contributed by atoms with Crippen LogP contribution in [0.3, 0.4) is 0 Å². The van der Waals surface area contributed by atoms with Crippen molar-refractivity contribution in [1.29, 1.82) is 0 Å². The molecule has 5 rings (SSSR count). The normalized spacial score (nSPS) is 14.2. The maximum Gasteiger partial charge on any atom is 0.275 e. The Morgan fingerprint density at radius 2 is 1.97 bits per heavy atom. The highest BCUT2D eigenvalue weighted by molar-refractivity contribution is 5.92. The fraction of sp³-hybridized carbons (Fsp3) is 0.333. The first-order valence-corrected chi connectivity index (χ1v) is 11.8. The second kappa shape index (κ2) is 10.2. The third-order valence-electron chi connectivity index (χ3n) is 6.29. The molecule has 34 heavy (non-hydrogen) atoms. The van der Waals surface area contributed by atoms with Gasteiger partial charge in [0.15, 0.2) is 5.69 Å². The number of aryl methyl sites for hydroxylation is 1. The molecule has 2 aromatic carbocycles. The summed E-state index contributed by atoms with van der Waals surface area (Å²) in [5, 5.41) is 1.26. The molecule has 1 amide bonds. The van der Waals surface area contributed by atoms with Gasteiger partial charge in [-0.1, -0.05) is 48.0 Å². The van der Waals surface area contributed by atoms with Crippen LogP contribution in [0.5, 0.6) is 0 Å². The molecule has 1 fully saturated rings. The minimum absolute atomic E-state index is 0.0951. The highest BCUT2D eigenvalue weighted by atomic mass is 16.5. The van der Waals surface area contributed by atoms with Gasteiger partial charge in [0.05, 0.1) is 19.8 Å². The molecule has 0 bridgehead atoms. The first-order valence-electron chi connectivity index (χ1n) is 11.8. The van der Waals surface area contributed by atoms with Crippen molar-refractivity contribution in [2.24, 2.45) is 0 Å². The number of para-hydroxylation sites is 1. The van der Waals surface area contributed by atoms with E-state index in [2.05, 4.69) is 70.5 Å². The molecule has 1 aliphatic heterocycles. The van der Waals surface area contributed by atoms with E-state index in [-0.39, 0.29) is 5.91 Å². The number of aromatic amines is 1. The molecule has 1 N–H and O–H groups in total. The number of carbonyl (C=O) groups is 1. The topological polar surface area (TPSA) is 74.6 Å². The van der Waals surface area contributed by atoms with Gasteiger partial charge in [-0.25, -0.2) is 4.98 Å². The summed E-state index contributed by atoms with van der Waals surface area (Å²) in [5.41, 5.74) is 5.30. The van der Waals surface area contributed by atoms with Crippen LogP contribution in [0, 0.1) is 6.92 Å². The van der Waals surface area contributed by atoms with Gasteiger partial charge >= 0.3 is 0 Å². The molecular formula is C27H30N4O3. The zero-order chi connectivity index (χ0) is 23.3. The Balaban J connectivity index is 1.31. The van der Waals surface area contributed by atoms with Crippen molar-refractivity contribution in [3.05, 3.63) is 89.3 Å². The van der Waals surface area contributed by atoms with Crippen molar-refractivity contribution in [3.63, 3.8) is 0 Å². The van der Waals surface area contributed by atoms with E-state index >= 15 is 0 Å². The first kappa shape index (κ1) is 22.4. The lowest BCUT2D eigenvalue weighted by molar-refractivity contribution is 0.0299. The molecule has 7 heteroatoms. The fourth-order valence-electron chi connectivity index (χ4n) is 4.50. The number of carbonyl (C=O) groups excluding carboxylic acids is 1. The summed E-state index contributed by atoms with van der Waals surface area (Å²) in [4.78, 5) is 24.8. The van der Waals surface area contributed by atoms with E-state index in [0.29, 0.717) is 44.4 Å². The van der Waals surface area contributed by atoms with Crippen LogP contribution in [0.2, 0.25) is 0 Å². The van der Waals surface area contributed by atoms with Crippen LogP contribution >= 0.6 is 0 Å². The molecule has 0 radical (unpaired) electrons. The van der Waals surface area contributed by atoms with Crippen LogP contribution in [0.15, 0.2) is 65.4 Å². The molecule has 2 aromatic heterocycles. The molecule has 0 aliphatic carbocycles. The van der Waals surface area contributed by atoms with Crippen molar-refractivity contribution in [1.82, 2.24) is 19.8 Å². The Labute approximate surface area is 199 Å². The van der Waals surface area contributed by atoms with Gasteiger partial charge in [-0.05, 0) is 30.5 Å². The first-order chi connectivity index (χ1) is 16.7. The Kier molecular flexibility index (Phi) is 6.74. The summed E-state index contributed by atoms with van der Waals surface area (Å²) in [7, 11) is 0. The quantitative estimate of drug-likeness (QED) is 0.429. The minimum atomic E-state index is -0.0951. The van der Waals surface area contributed by atoms with Gasteiger partial charge in [-0.2, -0.15) is 0 Å². The number of morpholine rings is 1. The number of aromatic nitrogens is 2. The number of H-pyrrole nitrogens is 1. The average molecular weight is 459 g/mol. The van der Waals surface area contributed by atoms with Crippen LogP contribution in [0.25, 0.3) is 10.9 Å². The van der Waals surface area contributed by atoms with Crippen LogP contribution in [0.4, 0.5) is 0 Å². The Morgan fingerprint density at radius 1 is 1.12 bits per heavy atom. The van der Waals surface area contributed by atoms with Gasteiger partial charge in [0.1, 0.15) is 6.26 Å². The molecule has 3 heterocycles. The highest BCUT2D eigenvalue weighted by Gasteiger charge is 2.22. The van der Waals surface area contributed by atoms with E-state index in [0.717, 1.165) is 25.0 Å². The summed E-state index contributed by atoms with van der Waals surface area (Å²) >= 11 is 0. The Morgan fingerprint density at radius 3 is 2.82 bits per heavy atom. The van der Waals surface area contributed by atoms with Gasteiger partial charge in [0, 0.05) is 43.3 Å². The van der Waals surface area contributed by atoms with E-state index in [1.54, 1.807) is 4.90 Å². The second-order valence-electron chi connectivity index (χ2n) is 8.84. The molecule has 0 saturated carbocycles. The number of amides is 1. The predicted octanol–water partition coefficient (Wildman–Crippen LogP) is 4.18. The van der Waals surface area contributed by atoms with Gasteiger partial charge in [0.2, 0.25) is 5.89 Å². The molecular weight excluding hydrogens is 428 g/mol. The van der Waals surface area contributed by atoms with E-state index in [1.807, 2.05) is 6.07 Å². The number of oxazole rings is 1. The third-order valence-corrected chi connectivity index (χ3v) is 6.29. The molecule has 0 atom stereocenters. The van der Waals surface area contributed by atoms with E-state index < -0.39 is 0 Å². The summed E-state index contributed by atoms with van der Waals surface area (Å²) in [6.45, 7) is 6.56. The van der Waals surface area contributed by atoms with Crippen molar-refractivity contribution >= 4 is 16.8 Å². The number of hydrogen-bond acceptors (Lipinski definition) is 5. The zero-order valence-corrected chi connectivity index (χ0v) is 19.5. The number of nitrogens with one attached hydrogen (secondary N) is 1. The molecule has 0 unspecified atom stereocenters. The summed E-state index contributed by atoms with van der Waals surface area (Å²) in [6.07, 6.45) is 4.48. The lowest BCUT2D eigenvalue weighted by Gasteiger charge is -2.25. The van der Waals surface area contributed by atoms with Crippen molar-refractivity contribution in [3.8, 4) is 0 Å². The number of ether oxygens (including phenoxy) is 1. The van der Waals surface area contributed by atoms with Crippen molar-refractivity contribution in [2.75, 3.05) is 32.8 Å². The summed E-state index contributed by atoms with van der Waals surface area (Å²) in [5.74, 6) is 0.463. The highest BCUT2D eigenvalue weighted by Crippen LogP contribution is 2.20. The number of fused-ring (bicyclic) bond motifs is 1. The standard InChI is InChI=1S/C27H30N4O3/c1-20-5-4-6-21(15-20)17-30(10-9-22-16-28-24-8-3-2-7-23(22)24)18-26-29-25(19-34-26)27(32)31-11-13-33-14-12-31/h2-8,15-16,19,28H,9-14,17-18H2,1H3. The maximum absolute atomic E-state index is 12.8. The monoisotopic (exact) mass is 458 g/mol. The van der Waals surface area contributed by atoms with E-state index in [1.165, 1.54) is 28.3 Å². The minimum Gasteiger partial charge on any atom is -0.447 e. The molecule has 4 aromatic rings. The van der Waals surface area contributed by atoms with Gasteiger partial charge < -0.3 is 19.0 Å². The smallest absolute Gasteiger partial charge is 0.275 e. The largest absolute Gasteiger partial charge is 0.447 e. The summed E-state index contributed by atoms with van der Waals surface area (Å²) in [6, 6.07) is 16.9. The SMILES string of the molecule is Cc1cccc(CN(CCc2c[nH]c3ccccc23)Cc2nc(C(=O)N3CCOCC3)co2)c1. The lowest BCUT2D eigenvalue weighted by Crippen LogP contribution is -2.40. The molecule has 7 nitrogen and oxygen atoms in total. The molecule has 0 spiro atoms. The van der Waals surface area contributed by atoms with Crippen LogP contribution in [0.1, 0.15) is 33.1 Å². The second-order valence-corrected chi connectivity index (χ2v) is 8.84. The molecule has 1 aliphatic rings. The van der Waals surface area contributed by atoms with Crippen LogP contribution in [-0.2, 0) is 24.2 Å². The number of benzene rings is 2. The molecule has 1 saturated heterocycles. The third kappa shape index (κ3) is 5.21. The lowest BCUT2D eigenvalue weighted by atomic mass is 10.1.